The van der Waals surface area contributed by atoms with Crippen LogP contribution in [0.3, 0.4) is 0 Å². The van der Waals surface area contributed by atoms with Gasteiger partial charge in [0.1, 0.15) is 11.6 Å². The van der Waals surface area contributed by atoms with E-state index in [1.54, 1.807) is 24.3 Å². The van der Waals surface area contributed by atoms with Gasteiger partial charge in [-0.25, -0.2) is 13.6 Å². The van der Waals surface area contributed by atoms with Gasteiger partial charge in [0, 0.05) is 30.4 Å². The largest absolute Gasteiger partial charge is 0.465 e. The van der Waals surface area contributed by atoms with Crippen LogP contribution in [0, 0.1) is 17.6 Å². The van der Waals surface area contributed by atoms with E-state index in [0.717, 1.165) is 17.5 Å². The Labute approximate surface area is 202 Å². The maximum atomic E-state index is 13.6. The lowest BCUT2D eigenvalue weighted by Crippen LogP contribution is -2.44. The van der Waals surface area contributed by atoms with Crippen molar-refractivity contribution in [1.29, 1.82) is 0 Å². The van der Waals surface area contributed by atoms with Gasteiger partial charge < -0.3 is 5.11 Å². The second kappa shape index (κ2) is 10.4. The Morgan fingerprint density at radius 1 is 0.886 bits per heavy atom. The van der Waals surface area contributed by atoms with Gasteiger partial charge in [0.2, 0.25) is 0 Å². The summed E-state index contributed by atoms with van der Waals surface area (Å²) in [5, 5.41) is 11.0. The molecule has 0 unspecified atom stereocenters. The number of carboxylic acid groups (broad SMARTS) is 1. The van der Waals surface area contributed by atoms with E-state index in [0.29, 0.717) is 24.3 Å². The minimum Gasteiger partial charge on any atom is -0.465 e. The quantitative estimate of drug-likeness (QED) is 0.412. The number of anilines is 2. The van der Waals surface area contributed by atoms with Crippen molar-refractivity contribution in [3.8, 4) is 0 Å². The Morgan fingerprint density at radius 3 is 1.91 bits per heavy atom. The first-order valence-corrected chi connectivity index (χ1v) is 12.5. The van der Waals surface area contributed by atoms with E-state index in [1.165, 1.54) is 52.8 Å². The molecular formula is C25H25F2N3O4S. The Kier molecular flexibility index (Phi) is 7.32. The fraction of sp³-hybridized carbons (Fsp3) is 0.240. The maximum Gasteiger partial charge on any atom is 0.409 e. The van der Waals surface area contributed by atoms with Crippen LogP contribution in [0.4, 0.5) is 25.0 Å². The van der Waals surface area contributed by atoms with Crippen molar-refractivity contribution in [1.82, 2.24) is 4.31 Å². The van der Waals surface area contributed by atoms with Gasteiger partial charge in [-0.2, -0.15) is 12.7 Å². The van der Waals surface area contributed by atoms with Crippen LogP contribution in [-0.4, -0.2) is 37.0 Å². The predicted molar refractivity (Wildman–Crippen MR) is 130 cm³/mol. The molecule has 1 saturated heterocycles. The monoisotopic (exact) mass is 501 g/mol. The lowest BCUT2D eigenvalue weighted by Gasteiger charge is -2.37. The molecule has 3 aromatic carbocycles. The molecule has 1 amide bonds. The Morgan fingerprint density at radius 2 is 1.40 bits per heavy atom. The highest BCUT2D eigenvalue weighted by atomic mass is 32.2. The lowest BCUT2D eigenvalue weighted by molar-refractivity contribution is 0.209. The van der Waals surface area contributed by atoms with Gasteiger partial charge in [0.05, 0.1) is 0 Å². The van der Waals surface area contributed by atoms with E-state index in [9.17, 15) is 22.0 Å². The summed E-state index contributed by atoms with van der Waals surface area (Å²) in [7, 11) is -3.89. The van der Waals surface area contributed by atoms with E-state index in [2.05, 4.69) is 10.0 Å². The molecule has 0 bridgehead atoms. The van der Waals surface area contributed by atoms with Crippen LogP contribution in [0.5, 0.6) is 0 Å². The minimum atomic E-state index is -3.89. The second-order valence-corrected chi connectivity index (χ2v) is 10.1. The number of benzene rings is 3. The normalized spacial score (nSPS) is 16.7. The molecule has 7 nitrogen and oxygen atoms in total. The van der Waals surface area contributed by atoms with E-state index in [4.69, 9.17) is 5.11 Å². The first-order chi connectivity index (χ1) is 16.7. The number of rotatable bonds is 7. The summed E-state index contributed by atoms with van der Waals surface area (Å²) < 4.78 is 57.4. The third-order valence-electron chi connectivity index (χ3n) is 6.07. The molecule has 0 spiro atoms. The summed E-state index contributed by atoms with van der Waals surface area (Å²) in [5.74, 6) is -1.09. The molecule has 1 atom stereocenters. The summed E-state index contributed by atoms with van der Waals surface area (Å²) >= 11 is 0. The highest BCUT2D eigenvalue weighted by molar-refractivity contribution is 7.90. The highest BCUT2D eigenvalue weighted by Crippen LogP contribution is 2.38. The molecular weight excluding hydrogens is 476 g/mol. The molecule has 184 valence electrons. The fourth-order valence-electron chi connectivity index (χ4n) is 4.50. The molecule has 1 fully saturated rings. The Balaban J connectivity index is 1.55. The SMILES string of the molecule is O=C(O)Nc1ccc(NS(=O)(=O)N2CCC[C@@H](C(c3ccc(F)cc3)c3ccc(F)cc3)C2)cc1. The molecule has 0 aromatic heterocycles. The maximum absolute atomic E-state index is 13.6. The van der Waals surface area contributed by atoms with E-state index < -0.39 is 16.3 Å². The Bertz CT molecular complexity index is 1220. The summed E-state index contributed by atoms with van der Waals surface area (Å²) in [6, 6.07) is 18.1. The topological polar surface area (TPSA) is 98.7 Å². The van der Waals surface area contributed by atoms with Crippen molar-refractivity contribution >= 4 is 27.7 Å². The van der Waals surface area contributed by atoms with Crippen molar-refractivity contribution < 1.29 is 27.1 Å². The third-order valence-corrected chi connectivity index (χ3v) is 7.58. The standard InChI is InChI=1S/C25H25F2N3O4S/c26-20-7-3-17(4-8-20)24(18-5-9-21(27)10-6-18)19-2-1-15-30(16-19)35(33,34)29-23-13-11-22(12-14-23)28-25(31)32/h3-14,19,24,28-29H,1-2,15-16H2,(H,31,32)/t19-/m1/s1. The van der Waals surface area contributed by atoms with Gasteiger partial charge in [0.25, 0.3) is 0 Å². The second-order valence-electron chi connectivity index (χ2n) is 8.46. The molecule has 0 saturated carbocycles. The lowest BCUT2D eigenvalue weighted by atomic mass is 9.77. The van der Waals surface area contributed by atoms with Gasteiger partial charge in [-0.1, -0.05) is 24.3 Å². The first kappa shape index (κ1) is 24.6. The zero-order chi connectivity index (χ0) is 25.0. The van der Waals surface area contributed by atoms with Gasteiger partial charge in [-0.05, 0) is 78.4 Å². The predicted octanol–water partition coefficient (Wildman–Crippen LogP) is 5.26. The van der Waals surface area contributed by atoms with Crippen LogP contribution in [0.15, 0.2) is 72.8 Å². The molecule has 3 aromatic rings. The van der Waals surface area contributed by atoms with Crippen molar-refractivity contribution in [2.45, 2.75) is 18.8 Å². The molecule has 1 aliphatic rings. The van der Waals surface area contributed by atoms with E-state index in [1.807, 2.05) is 0 Å². The van der Waals surface area contributed by atoms with Crippen LogP contribution in [0.25, 0.3) is 0 Å². The molecule has 35 heavy (non-hydrogen) atoms. The van der Waals surface area contributed by atoms with Gasteiger partial charge in [-0.15, -0.1) is 0 Å². The molecule has 10 heteroatoms. The third kappa shape index (κ3) is 6.14. The van der Waals surface area contributed by atoms with Crippen LogP contribution < -0.4 is 10.0 Å². The smallest absolute Gasteiger partial charge is 0.409 e. The zero-order valence-electron chi connectivity index (χ0n) is 18.7. The average molecular weight is 502 g/mol. The molecule has 3 N–H and O–H groups in total. The number of amides is 1. The van der Waals surface area contributed by atoms with Crippen molar-refractivity contribution in [3.05, 3.63) is 95.6 Å². The van der Waals surface area contributed by atoms with Crippen molar-refractivity contribution in [3.63, 3.8) is 0 Å². The molecule has 1 aliphatic heterocycles. The number of nitrogens with zero attached hydrogens (tertiary/aromatic N) is 1. The Hall–Kier alpha value is -3.50. The van der Waals surface area contributed by atoms with Gasteiger partial charge in [0.15, 0.2) is 0 Å². The van der Waals surface area contributed by atoms with Gasteiger partial charge >= 0.3 is 16.3 Å². The molecule has 4 rings (SSSR count). The minimum absolute atomic E-state index is 0.113. The number of halogens is 2. The van der Waals surface area contributed by atoms with Crippen LogP contribution in [0.1, 0.15) is 29.9 Å². The van der Waals surface area contributed by atoms with Crippen LogP contribution >= 0.6 is 0 Å². The summed E-state index contributed by atoms with van der Waals surface area (Å²) in [4.78, 5) is 10.7. The van der Waals surface area contributed by atoms with Crippen molar-refractivity contribution in [2.24, 2.45) is 5.92 Å². The van der Waals surface area contributed by atoms with Crippen molar-refractivity contribution in [2.75, 3.05) is 23.1 Å². The average Bonchev–Trinajstić information content (AvgIpc) is 2.83. The van der Waals surface area contributed by atoms with Crippen LogP contribution in [-0.2, 0) is 10.2 Å². The van der Waals surface area contributed by atoms with E-state index in [-0.39, 0.29) is 30.0 Å². The number of hydrogen-bond acceptors (Lipinski definition) is 3. The van der Waals surface area contributed by atoms with Gasteiger partial charge in [-0.3, -0.25) is 10.0 Å². The highest BCUT2D eigenvalue weighted by Gasteiger charge is 2.34. The van der Waals surface area contributed by atoms with Crippen LogP contribution in [0.2, 0.25) is 0 Å². The summed E-state index contributed by atoms with van der Waals surface area (Å²) in [5.41, 5.74) is 2.28. The summed E-state index contributed by atoms with van der Waals surface area (Å²) in [6.07, 6.45) is 0.168. The number of piperidine rings is 1. The van der Waals surface area contributed by atoms with E-state index >= 15 is 0 Å². The fourth-order valence-corrected chi connectivity index (χ4v) is 5.82. The number of carbonyl (C=O) groups is 1. The number of hydrogen-bond donors (Lipinski definition) is 3. The first-order valence-electron chi connectivity index (χ1n) is 11.1. The molecule has 0 radical (unpaired) electrons. The summed E-state index contributed by atoms with van der Waals surface area (Å²) in [6.45, 7) is 0.567. The number of nitrogens with one attached hydrogen (secondary N) is 2. The molecule has 0 aliphatic carbocycles. The zero-order valence-corrected chi connectivity index (χ0v) is 19.5. The molecule has 1 heterocycles.